The molecule has 9 heteroatoms. The third kappa shape index (κ3) is 4.47. The first-order valence-corrected chi connectivity index (χ1v) is 7.47. The fourth-order valence-corrected chi connectivity index (χ4v) is 3.05. The summed E-state index contributed by atoms with van der Waals surface area (Å²) in [6.45, 7) is 1.56. The molecule has 2 aromatic heterocycles. The van der Waals surface area contributed by atoms with E-state index in [1.165, 1.54) is 23.7 Å². The summed E-state index contributed by atoms with van der Waals surface area (Å²) in [6.07, 6.45) is 2.81. The van der Waals surface area contributed by atoms with E-state index in [0.29, 0.717) is 25.5 Å². The van der Waals surface area contributed by atoms with Gasteiger partial charge in [0.05, 0.1) is 22.9 Å². The molecule has 0 aliphatic rings. The first-order chi connectivity index (χ1) is 10.0. The summed E-state index contributed by atoms with van der Waals surface area (Å²) in [7, 11) is 0. The number of aryl methyl sites for hydroxylation is 1. The number of aromatic hydroxyl groups is 1. The Labute approximate surface area is 147 Å². The molecule has 0 aliphatic carbocycles. The number of oxime groups is 1. The number of rotatable bonds is 5. The van der Waals surface area contributed by atoms with Gasteiger partial charge in [0.25, 0.3) is 0 Å². The minimum absolute atomic E-state index is 0. The quantitative estimate of drug-likeness (QED) is 0.606. The SMILES string of the molecule is Cc1ncc(CO)c(/C=N\OCc2cc(Cl)sc2Cl)c1O.Cl. The average molecular weight is 384 g/mol. The van der Waals surface area contributed by atoms with E-state index in [0.717, 1.165) is 5.56 Å². The summed E-state index contributed by atoms with van der Waals surface area (Å²) < 4.78 is 1.13. The zero-order valence-electron chi connectivity index (χ0n) is 11.4. The van der Waals surface area contributed by atoms with E-state index in [2.05, 4.69) is 10.1 Å². The maximum atomic E-state index is 9.92. The number of aliphatic hydroxyl groups excluding tert-OH is 1. The van der Waals surface area contributed by atoms with E-state index >= 15 is 0 Å². The minimum atomic E-state index is -0.256. The average Bonchev–Trinajstić information content (AvgIpc) is 2.77. The van der Waals surface area contributed by atoms with Crippen LogP contribution in [0.3, 0.4) is 0 Å². The monoisotopic (exact) mass is 382 g/mol. The lowest BCUT2D eigenvalue weighted by Gasteiger charge is -2.06. The summed E-state index contributed by atoms with van der Waals surface area (Å²) in [6, 6.07) is 1.71. The number of aromatic nitrogens is 1. The summed E-state index contributed by atoms with van der Waals surface area (Å²) >= 11 is 13.0. The molecule has 0 saturated heterocycles. The lowest BCUT2D eigenvalue weighted by atomic mass is 10.1. The Bertz CT molecular complexity index is 677. The van der Waals surface area contributed by atoms with Crippen molar-refractivity contribution in [2.45, 2.75) is 20.1 Å². The molecule has 0 aliphatic heterocycles. The molecule has 0 radical (unpaired) electrons. The van der Waals surface area contributed by atoms with Gasteiger partial charge in [0.15, 0.2) is 0 Å². The Kier molecular flexibility index (Phi) is 7.38. The summed E-state index contributed by atoms with van der Waals surface area (Å²) in [4.78, 5) is 9.09. The lowest BCUT2D eigenvalue weighted by molar-refractivity contribution is 0.132. The van der Waals surface area contributed by atoms with Crippen LogP contribution in [0.2, 0.25) is 8.67 Å². The summed E-state index contributed by atoms with van der Waals surface area (Å²) in [5.74, 6) is -0.0366. The van der Waals surface area contributed by atoms with Crippen LogP contribution in [0.1, 0.15) is 22.4 Å². The molecule has 0 fully saturated rings. The van der Waals surface area contributed by atoms with Crippen molar-refractivity contribution < 1.29 is 15.1 Å². The molecule has 2 rings (SSSR count). The molecule has 0 unspecified atom stereocenters. The number of pyridine rings is 1. The fraction of sp³-hybridized carbons (Fsp3) is 0.231. The van der Waals surface area contributed by atoms with Gasteiger partial charge in [0.2, 0.25) is 0 Å². The maximum absolute atomic E-state index is 9.92. The van der Waals surface area contributed by atoms with Crippen LogP contribution >= 0.6 is 46.9 Å². The number of thiophene rings is 1. The Morgan fingerprint density at radius 1 is 1.41 bits per heavy atom. The number of hydrogen-bond donors (Lipinski definition) is 2. The fourth-order valence-electron chi connectivity index (χ4n) is 1.59. The van der Waals surface area contributed by atoms with E-state index in [9.17, 15) is 10.2 Å². The Hall–Kier alpha value is -1.05. The van der Waals surface area contributed by atoms with Crippen molar-refractivity contribution in [2.75, 3.05) is 0 Å². The predicted octanol–water partition coefficient (Wildman–Crippen LogP) is 3.93. The van der Waals surface area contributed by atoms with Gasteiger partial charge < -0.3 is 15.1 Å². The molecule has 5 nitrogen and oxygen atoms in total. The van der Waals surface area contributed by atoms with Crippen molar-refractivity contribution in [3.63, 3.8) is 0 Å². The van der Waals surface area contributed by atoms with Crippen molar-refractivity contribution in [3.05, 3.63) is 43.3 Å². The molecular formula is C13H13Cl3N2O3S. The molecule has 0 spiro atoms. The van der Waals surface area contributed by atoms with Gasteiger partial charge in [-0.1, -0.05) is 28.4 Å². The molecule has 0 aromatic carbocycles. The maximum Gasteiger partial charge on any atom is 0.146 e. The van der Waals surface area contributed by atoms with E-state index in [-0.39, 0.29) is 31.4 Å². The molecule has 2 N–H and O–H groups in total. The molecule has 22 heavy (non-hydrogen) atoms. The molecule has 2 aromatic rings. The summed E-state index contributed by atoms with van der Waals surface area (Å²) in [5, 5.41) is 22.9. The molecule has 2 heterocycles. The van der Waals surface area contributed by atoms with Gasteiger partial charge >= 0.3 is 0 Å². The second kappa shape index (κ2) is 8.55. The third-order valence-electron chi connectivity index (χ3n) is 2.73. The zero-order chi connectivity index (χ0) is 15.4. The van der Waals surface area contributed by atoms with Crippen LogP contribution in [-0.2, 0) is 18.1 Å². The molecule has 0 saturated carbocycles. The molecular weight excluding hydrogens is 371 g/mol. The molecule has 0 atom stereocenters. The highest BCUT2D eigenvalue weighted by Crippen LogP contribution is 2.31. The van der Waals surface area contributed by atoms with Crippen LogP contribution in [0.5, 0.6) is 5.75 Å². The van der Waals surface area contributed by atoms with E-state index < -0.39 is 0 Å². The zero-order valence-corrected chi connectivity index (χ0v) is 14.6. The van der Waals surface area contributed by atoms with Crippen molar-refractivity contribution >= 4 is 53.2 Å². The van der Waals surface area contributed by atoms with Crippen LogP contribution in [0.15, 0.2) is 17.4 Å². The van der Waals surface area contributed by atoms with Gasteiger partial charge in [0.1, 0.15) is 16.7 Å². The van der Waals surface area contributed by atoms with Crippen molar-refractivity contribution in [1.82, 2.24) is 4.98 Å². The topological polar surface area (TPSA) is 74.9 Å². The van der Waals surface area contributed by atoms with Gasteiger partial charge in [0, 0.05) is 22.9 Å². The largest absolute Gasteiger partial charge is 0.505 e. The first-order valence-electron chi connectivity index (χ1n) is 5.90. The van der Waals surface area contributed by atoms with Crippen LogP contribution in [0.25, 0.3) is 0 Å². The van der Waals surface area contributed by atoms with E-state index in [1.807, 2.05) is 0 Å². The second-order valence-electron chi connectivity index (χ2n) is 4.15. The number of hydrogen-bond acceptors (Lipinski definition) is 6. The van der Waals surface area contributed by atoms with Crippen molar-refractivity contribution in [3.8, 4) is 5.75 Å². The van der Waals surface area contributed by atoms with E-state index in [1.54, 1.807) is 13.0 Å². The van der Waals surface area contributed by atoms with Gasteiger partial charge in [-0.05, 0) is 13.0 Å². The molecule has 0 amide bonds. The van der Waals surface area contributed by atoms with Crippen LogP contribution in [0, 0.1) is 6.92 Å². The smallest absolute Gasteiger partial charge is 0.146 e. The highest BCUT2D eigenvalue weighted by atomic mass is 35.5. The van der Waals surface area contributed by atoms with Crippen molar-refractivity contribution in [2.24, 2.45) is 5.16 Å². The minimum Gasteiger partial charge on any atom is -0.505 e. The van der Waals surface area contributed by atoms with Gasteiger partial charge in [-0.2, -0.15) is 0 Å². The second-order valence-corrected chi connectivity index (χ2v) is 6.43. The lowest BCUT2D eigenvalue weighted by Crippen LogP contribution is -1.98. The predicted molar refractivity (Wildman–Crippen MR) is 90.5 cm³/mol. The number of aliphatic hydroxyl groups is 1. The highest BCUT2D eigenvalue weighted by molar-refractivity contribution is 7.20. The van der Waals surface area contributed by atoms with Crippen LogP contribution in [0.4, 0.5) is 0 Å². The summed E-state index contributed by atoms with van der Waals surface area (Å²) in [5.41, 5.74) is 2.02. The first kappa shape index (κ1) is 19.0. The number of halogens is 3. The van der Waals surface area contributed by atoms with Crippen LogP contribution in [-0.4, -0.2) is 21.4 Å². The number of nitrogens with zero attached hydrogens (tertiary/aromatic N) is 2. The highest BCUT2D eigenvalue weighted by Gasteiger charge is 2.10. The van der Waals surface area contributed by atoms with Gasteiger partial charge in [-0.25, -0.2) is 0 Å². The van der Waals surface area contributed by atoms with Gasteiger partial charge in [-0.15, -0.1) is 23.7 Å². The standard InChI is InChI=1S/C13H12Cl2N2O3S.ClH/c1-7-12(19)10(9(5-18)3-16-7)4-17-20-6-8-2-11(14)21-13(8)15;/h2-4,18-19H,5-6H2,1H3;1H/b17-4-;. The molecule has 0 bridgehead atoms. The third-order valence-corrected chi connectivity index (χ3v) is 4.30. The Morgan fingerprint density at radius 3 is 2.73 bits per heavy atom. The normalized spacial score (nSPS) is 10.7. The van der Waals surface area contributed by atoms with Crippen LogP contribution < -0.4 is 0 Å². The molecule has 120 valence electrons. The van der Waals surface area contributed by atoms with E-state index in [4.69, 9.17) is 28.0 Å². The Morgan fingerprint density at radius 2 is 2.14 bits per heavy atom. The Balaban J connectivity index is 0.00000242. The van der Waals surface area contributed by atoms with Crippen molar-refractivity contribution in [1.29, 1.82) is 0 Å². The van der Waals surface area contributed by atoms with Gasteiger partial charge in [-0.3, -0.25) is 4.98 Å².